The van der Waals surface area contributed by atoms with Gasteiger partial charge in [0.15, 0.2) is 0 Å². The van der Waals surface area contributed by atoms with Crippen LogP contribution >= 0.6 is 0 Å². The number of carboxylic acid groups (broad SMARTS) is 1. The number of carbonyl (C=O) groups is 2. The number of carbonyl (C=O) groups excluding carboxylic acids is 1. The normalized spacial score (nSPS) is 14.3. The molecule has 0 spiro atoms. The molecule has 1 amide bonds. The Labute approximate surface area is 89.8 Å². The van der Waals surface area contributed by atoms with Crippen LogP contribution in [0.15, 0.2) is 0 Å². The summed E-state index contributed by atoms with van der Waals surface area (Å²) in [5, 5.41) is 11.2. The van der Waals surface area contributed by atoms with E-state index in [1.54, 1.807) is 0 Å². The molecular formula is C10H19NO4. The number of carboxylic acids is 1. The molecule has 2 unspecified atom stereocenters. The minimum absolute atomic E-state index is 0.0488. The Balaban J connectivity index is 3.89. The van der Waals surface area contributed by atoms with Crippen molar-refractivity contribution < 1.29 is 19.4 Å². The fourth-order valence-corrected chi connectivity index (χ4v) is 1.01. The minimum Gasteiger partial charge on any atom is -0.481 e. The summed E-state index contributed by atoms with van der Waals surface area (Å²) in [4.78, 5) is 21.8. The fraction of sp³-hybridized carbons (Fsp3) is 0.800. The maximum atomic E-state index is 11.4. The van der Waals surface area contributed by atoms with Gasteiger partial charge in [-0.05, 0) is 6.42 Å². The monoisotopic (exact) mass is 217 g/mol. The molecule has 0 heterocycles. The van der Waals surface area contributed by atoms with Crippen molar-refractivity contribution in [1.29, 1.82) is 0 Å². The standard InChI is InChI=1S/C10H19NO4/c1-4-7(2)10(14)11-6-8(15-3)5-9(12)13/h7-8H,4-6H2,1-3H3,(H,11,14)(H,12,13). The molecular weight excluding hydrogens is 198 g/mol. The highest BCUT2D eigenvalue weighted by Gasteiger charge is 2.15. The van der Waals surface area contributed by atoms with E-state index in [0.29, 0.717) is 0 Å². The average Bonchev–Trinajstić information content (AvgIpc) is 2.21. The van der Waals surface area contributed by atoms with Crippen molar-refractivity contribution in [3.8, 4) is 0 Å². The van der Waals surface area contributed by atoms with Gasteiger partial charge in [-0.2, -0.15) is 0 Å². The van der Waals surface area contributed by atoms with Gasteiger partial charge in [0.25, 0.3) is 0 Å². The molecule has 2 N–H and O–H groups in total. The smallest absolute Gasteiger partial charge is 0.306 e. The quantitative estimate of drug-likeness (QED) is 0.656. The van der Waals surface area contributed by atoms with Crippen molar-refractivity contribution in [2.75, 3.05) is 13.7 Å². The molecule has 0 aliphatic rings. The molecule has 5 heteroatoms. The van der Waals surface area contributed by atoms with Crippen LogP contribution in [0, 0.1) is 5.92 Å². The zero-order valence-electron chi connectivity index (χ0n) is 9.45. The molecule has 0 saturated heterocycles. The number of hydrogen-bond acceptors (Lipinski definition) is 3. The predicted molar refractivity (Wildman–Crippen MR) is 55.5 cm³/mol. The van der Waals surface area contributed by atoms with Crippen molar-refractivity contribution in [3.05, 3.63) is 0 Å². The van der Waals surface area contributed by atoms with Crippen LogP contribution < -0.4 is 5.32 Å². The van der Waals surface area contributed by atoms with E-state index in [1.807, 2.05) is 13.8 Å². The van der Waals surface area contributed by atoms with E-state index in [1.165, 1.54) is 7.11 Å². The Morgan fingerprint density at radius 3 is 2.47 bits per heavy atom. The van der Waals surface area contributed by atoms with Crippen LogP contribution in [0.1, 0.15) is 26.7 Å². The average molecular weight is 217 g/mol. The van der Waals surface area contributed by atoms with Gasteiger partial charge < -0.3 is 15.2 Å². The van der Waals surface area contributed by atoms with Crippen molar-refractivity contribution >= 4 is 11.9 Å². The number of hydrogen-bond donors (Lipinski definition) is 2. The van der Waals surface area contributed by atoms with Gasteiger partial charge >= 0.3 is 5.97 Å². The van der Waals surface area contributed by atoms with Crippen LogP contribution in [0.3, 0.4) is 0 Å². The summed E-state index contributed by atoms with van der Waals surface area (Å²) in [5.41, 5.74) is 0. The van der Waals surface area contributed by atoms with E-state index >= 15 is 0 Å². The number of nitrogens with one attached hydrogen (secondary N) is 1. The number of methoxy groups -OCH3 is 1. The lowest BCUT2D eigenvalue weighted by Crippen LogP contribution is -2.37. The summed E-state index contributed by atoms with van der Waals surface area (Å²) >= 11 is 0. The molecule has 0 saturated carbocycles. The summed E-state index contributed by atoms with van der Waals surface area (Å²) in [5.74, 6) is -1.04. The van der Waals surface area contributed by atoms with Crippen LogP contribution in [-0.4, -0.2) is 36.7 Å². The van der Waals surface area contributed by atoms with Gasteiger partial charge in [-0.25, -0.2) is 0 Å². The van der Waals surface area contributed by atoms with Gasteiger partial charge in [0.1, 0.15) is 0 Å². The maximum absolute atomic E-state index is 11.4. The largest absolute Gasteiger partial charge is 0.481 e. The molecule has 0 aromatic carbocycles. The third-order valence-electron chi connectivity index (χ3n) is 2.30. The maximum Gasteiger partial charge on any atom is 0.306 e. The second-order valence-electron chi connectivity index (χ2n) is 3.51. The molecule has 0 aromatic heterocycles. The second kappa shape index (κ2) is 7.23. The van der Waals surface area contributed by atoms with Gasteiger partial charge in [0, 0.05) is 19.6 Å². The molecule has 0 bridgehead atoms. The lowest BCUT2D eigenvalue weighted by atomic mass is 10.1. The van der Waals surface area contributed by atoms with Crippen molar-refractivity contribution in [3.63, 3.8) is 0 Å². The number of amides is 1. The van der Waals surface area contributed by atoms with E-state index < -0.39 is 12.1 Å². The van der Waals surface area contributed by atoms with Gasteiger partial charge in [0.2, 0.25) is 5.91 Å². The van der Waals surface area contributed by atoms with Crippen LogP contribution in [0.2, 0.25) is 0 Å². The van der Waals surface area contributed by atoms with Gasteiger partial charge in [-0.3, -0.25) is 9.59 Å². The Morgan fingerprint density at radius 1 is 1.47 bits per heavy atom. The Morgan fingerprint density at radius 2 is 2.07 bits per heavy atom. The lowest BCUT2D eigenvalue weighted by molar-refractivity contribution is -0.140. The molecule has 0 aromatic rings. The molecule has 15 heavy (non-hydrogen) atoms. The SMILES string of the molecule is CCC(C)C(=O)NCC(CC(=O)O)OC. The first-order chi connectivity index (χ1) is 7.01. The van der Waals surface area contributed by atoms with Gasteiger partial charge in [-0.15, -0.1) is 0 Å². The highest BCUT2D eigenvalue weighted by molar-refractivity contribution is 5.78. The first-order valence-electron chi connectivity index (χ1n) is 5.03. The Kier molecular flexibility index (Phi) is 6.70. The zero-order valence-corrected chi connectivity index (χ0v) is 9.45. The van der Waals surface area contributed by atoms with Crippen molar-refractivity contribution in [2.45, 2.75) is 32.8 Å². The van der Waals surface area contributed by atoms with Crippen LogP contribution in [0.5, 0.6) is 0 Å². The number of rotatable bonds is 7. The fourth-order valence-electron chi connectivity index (χ4n) is 1.01. The topological polar surface area (TPSA) is 75.6 Å². The predicted octanol–water partition coefficient (Wildman–Crippen LogP) is 0.638. The van der Waals surface area contributed by atoms with E-state index in [-0.39, 0.29) is 24.8 Å². The second-order valence-corrected chi connectivity index (χ2v) is 3.51. The Hall–Kier alpha value is -1.10. The first-order valence-corrected chi connectivity index (χ1v) is 5.03. The van der Waals surface area contributed by atoms with Gasteiger partial charge in [0.05, 0.1) is 12.5 Å². The van der Waals surface area contributed by atoms with Crippen LogP contribution in [0.25, 0.3) is 0 Å². The highest BCUT2D eigenvalue weighted by Crippen LogP contribution is 2.01. The summed E-state index contributed by atoms with van der Waals surface area (Å²) < 4.78 is 4.93. The number of aliphatic carboxylic acids is 1. The first kappa shape index (κ1) is 13.9. The van der Waals surface area contributed by atoms with Crippen LogP contribution in [0.4, 0.5) is 0 Å². The van der Waals surface area contributed by atoms with E-state index in [2.05, 4.69) is 5.32 Å². The third-order valence-corrected chi connectivity index (χ3v) is 2.30. The summed E-state index contributed by atoms with van der Waals surface area (Å²) in [6, 6.07) is 0. The van der Waals surface area contributed by atoms with Gasteiger partial charge in [-0.1, -0.05) is 13.8 Å². The minimum atomic E-state index is -0.931. The van der Waals surface area contributed by atoms with E-state index in [4.69, 9.17) is 9.84 Å². The molecule has 88 valence electrons. The lowest BCUT2D eigenvalue weighted by Gasteiger charge is -2.15. The summed E-state index contributed by atoms with van der Waals surface area (Å²) in [6.45, 7) is 4.00. The summed E-state index contributed by atoms with van der Waals surface area (Å²) in [6.07, 6.45) is 0.204. The van der Waals surface area contributed by atoms with E-state index in [9.17, 15) is 9.59 Å². The summed E-state index contributed by atoms with van der Waals surface area (Å²) in [7, 11) is 1.43. The molecule has 0 rings (SSSR count). The van der Waals surface area contributed by atoms with E-state index in [0.717, 1.165) is 6.42 Å². The highest BCUT2D eigenvalue weighted by atomic mass is 16.5. The molecule has 0 fully saturated rings. The van der Waals surface area contributed by atoms with Crippen LogP contribution in [-0.2, 0) is 14.3 Å². The molecule has 0 radical (unpaired) electrons. The molecule has 0 aliphatic heterocycles. The Bertz CT molecular complexity index is 217. The van der Waals surface area contributed by atoms with Crippen molar-refractivity contribution in [2.24, 2.45) is 5.92 Å². The molecule has 0 aliphatic carbocycles. The zero-order chi connectivity index (χ0) is 11.8. The number of ether oxygens (including phenoxy) is 1. The molecule has 5 nitrogen and oxygen atoms in total. The molecule has 2 atom stereocenters. The third kappa shape index (κ3) is 6.06. The van der Waals surface area contributed by atoms with Crippen molar-refractivity contribution in [1.82, 2.24) is 5.32 Å².